The number of sulfonamides is 1. The summed E-state index contributed by atoms with van der Waals surface area (Å²) in [6, 6.07) is 9.52. The maximum Gasteiger partial charge on any atom is 0.237 e. The van der Waals surface area contributed by atoms with Crippen LogP contribution in [0, 0.1) is 0 Å². The van der Waals surface area contributed by atoms with Gasteiger partial charge in [-0.1, -0.05) is 53.0 Å². The smallest absolute Gasteiger partial charge is 0.237 e. The van der Waals surface area contributed by atoms with Gasteiger partial charge in [0.25, 0.3) is 0 Å². The summed E-state index contributed by atoms with van der Waals surface area (Å²) in [5, 5.41) is 0.564. The minimum absolute atomic E-state index is 0.0947. The molecule has 0 saturated heterocycles. The molecule has 112 valence electrons. The van der Waals surface area contributed by atoms with Crippen LogP contribution in [0.2, 0.25) is 15.1 Å². The van der Waals surface area contributed by atoms with Gasteiger partial charge < -0.3 is 5.73 Å². The van der Waals surface area contributed by atoms with Crippen LogP contribution in [0.25, 0.3) is 0 Å². The predicted octanol–water partition coefficient (Wildman–Crippen LogP) is 4.17. The first-order valence-corrected chi connectivity index (χ1v) is 8.55. The lowest BCUT2D eigenvalue weighted by atomic mass is 10.2. The van der Waals surface area contributed by atoms with E-state index in [0.29, 0.717) is 16.3 Å². The Kier molecular flexibility index (Phi) is 4.88. The fourth-order valence-electron chi connectivity index (χ4n) is 1.70. The van der Waals surface area contributed by atoms with E-state index in [-0.39, 0.29) is 21.5 Å². The van der Waals surface area contributed by atoms with Crippen molar-refractivity contribution in [2.75, 3.05) is 10.5 Å². The van der Waals surface area contributed by atoms with Crippen molar-refractivity contribution in [3.63, 3.8) is 0 Å². The second kappa shape index (κ2) is 6.32. The minimum Gasteiger partial charge on any atom is -0.398 e. The molecule has 3 N–H and O–H groups in total. The molecule has 2 rings (SSSR count). The number of hydrogen-bond acceptors (Lipinski definition) is 3. The second-order valence-electron chi connectivity index (χ2n) is 4.30. The monoisotopic (exact) mass is 364 g/mol. The van der Waals surface area contributed by atoms with Crippen LogP contribution in [0.3, 0.4) is 0 Å². The molecule has 4 nitrogen and oxygen atoms in total. The van der Waals surface area contributed by atoms with E-state index >= 15 is 0 Å². The molecule has 0 unspecified atom stereocenters. The number of nitrogens with one attached hydrogen (secondary N) is 1. The lowest BCUT2D eigenvalue weighted by Crippen LogP contribution is -2.16. The number of benzene rings is 2. The number of nitrogen functional groups attached to an aromatic ring is 1. The highest BCUT2D eigenvalue weighted by molar-refractivity contribution is 7.92. The third-order valence-electron chi connectivity index (χ3n) is 2.67. The van der Waals surface area contributed by atoms with Crippen LogP contribution >= 0.6 is 34.8 Å². The third-order valence-corrected chi connectivity index (χ3v) is 4.69. The second-order valence-corrected chi connectivity index (χ2v) is 7.28. The quantitative estimate of drug-likeness (QED) is 0.799. The van der Waals surface area contributed by atoms with Gasteiger partial charge in [0.05, 0.1) is 21.5 Å². The lowest BCUT2D eigenvalue weighted by molar-refractivity contribution is 0.600. The maximum absolute atomic E-state index is 12.2. The summed E-state index contributed by atoms with van der Waals surface area (Å²) < 4.78 is 26.7. The molecule has 0 aliphatic rings. The van der Waals surface area contributed by atoms with E-state index in [1.807, 2.05) is 0 Å². The van der Waals surface area contributed by atoms with Gasteiger partial charge in [0.15, 0.2) is 0 Å². The summed E-state index contributed by atoms with van der Waals surface area (Å²) in [4.78, 5) is 0. The predicted molar refractivity (Wildman–Crippen MR) is 88.6 cm³/mol. The van der Waals surface area contributed by atoms with Crippen LogP contribution in [0.4, 0.5) is 11.4 Å². The van der Waals surface area contributed by atoms with E-state index in [4.69, 9.17) is 40.5 Å². The van der Waals surface area contributed by atoms with E-state index in [9.17, 15) is 8.42 Å². The van der Waals surface area contributed by atoms with Crippen LogP contribution in [0.15, 0.2) is 36.4 Å². The standard InChI is InChI=1S/C13H11Cl3N2O2S/c14-9-5-10(15)13(11(16)6-9)18-21(19,20)7-8-3-1-2-4-12(8)17/h1-6,18H,7,17H2. The highest BCUT2D eigenvalue weighted by Crippen LogP contribution is 2.34. The average Bonchev–Trinajstić information content (AvgIpc) is 2.36. The van der Waals surface area contributed by atoms with E-state index in [1.165, 1.54) is 12.1 Å². The number of nitrogens with two attached hydrogens (primary N) is 1. The first-order chi connectivity index (χ1) is 9.78. The fourth-order valence-corrected chi connectivity index (χ4v) is 4.00. The van der Waals surface area contributed by atoms with Gasteiger partial charge in [-0.05, 0) is 23.8 Å². The molecule has 0 atom stereocenters. The maximum atomic E-state index is 12.2. The molecule has 8 heteroatoms. The van der Waals surface area contributed by atoms with Crippen molar-refractivity contribution in [1.29, 1.82) is 0 Å². The van der Waals surface area contributed by atoms with Gasteiger partial charge in [-0.2, -0.15) is 0 Å². The highest BCUT2D eigenvalue weighted by atomic mass is 35.5. The van der Waals surface area contributed by atoms with Crippen molar-refractivity contribution in [3.8, 4) is 0 Å². The summed E-state index contributed by atoms with van der Waals surface area (Å²) in [6.07, 6.45) is 0. The van der Waals surface area contributed by atoms with Crippen LogP contribution < -0.4 is 10.5 Å². The van der Waals surface area contributed by atoms with Gasteiger partial charge in [0, 0.05) is 10.7 Å². The normalized spacial score (nSPS) is 11.4. The Labute approximate surface area is 137 Å². The molecule has 2 aromatic carbocycles. The summed E-state index contributed by atoms with van der Waals surface area (Å²) in [5.74, 6) is -0.283. The van der Waals surface area contributed by atoms with Gasteiger partial charge >= 0.3 is 0 Å². The van der Waals surface area contributed by atoms with E-state index in [2.05, 4.69) is 4.72 Å². The first-order valence-electron chi connectivity index (χ1n) is 5.77. The van der Waals surface area contributed by atoms with Crippen LogP contribution in [0.5, 0.6) is 0 Å². The molecule has 0 aromatic heterocycles. The van der Waals surface area contributed by atoms with E-state index in [0.717, 1.165) is 0 Å². The van der Waals surface area contributed by atoms with E-state index in [1.54, 1.807) is 24.3 Å². The zero-order valence-electron chi connectivity index (χ0n) is 10.6. The Hall–Kier alpha value is -1.14. The molecule has 2 aromatic rings. The van der Waals surface area contributed by atoms with Crippen molar-refractivity contribution >= 4 is 56.2 Å². The molecule has 0 fully saturated rings. The number of hydrogen-bond donors (Lipinski definition) is 2. The van der Waals surface area contributed by atoms with Gasteiger partial charge in [-0.25, -0.2) is 8.42 Å². The lowest BCUT2D eigenvalue weighted by Gasteiger charge is -2.12. The van der Waals surface area contributed by atoms with Gasteiger partial charge in [-0.15, -0.1) is 0 Å². The number of halogens is 3. The van der Waals surface area contributed by atoms with Gasteiger partial charge in [0.2, 0.25) is 10.0 Å². The molecule has 0 bridgehead atoms. The number of para-hydroxylation sites is 1. The summed E-state index contributed by atoms with van der Waals surface area (Å²) in [7, 11) is -3.71. The Bertz CT molecular complexity index is 756. The molecule has 21 heavy (non-hydrogen) atoms. The van der Waals surface area contributed by atoms with Crippen LogP contribution in [-0.2, 0) is 15.8 Å². The Morgan fingerprint density at radius 2 is 1.62 bits per heavy atom. The van der Waals surface area contributed by atoms with Gasteiger partial charge in [0.1, 0.15) is 0 Å². The molecule has 0 aliphatic carbocycles. The van der Waals surface area contributed by atoms with Crippen molar-refractivity contribution in [1.82, 2.24) is 0 Å². The molecule has 0 aliphatic heterocycles. The van der Waals surface area contributed by atoms with Gasteiger partial charge in [-0.3, -0.25) is 4.72 Å². The summed E-state index contributed by atoms with van der Waals surface area (Å²) >= 11 is 17.7. The molecule has 0 heterocycles. The molecular formula is C13H11Cl3N2O2S. The average molecular weight is 366 g/mol. The summed E-state index contributed by atoms with van der Waals surface area (Å²) in [6.45, 7) is 0. The number of rotatable bonds is 4. The zero-order valence-corrected chi connectivity index (χ0v) is 13.7. The Balaban J connectivity index is 2.29. The van der Waals surface area contributed by atoms with Crippen molar-refractivity contribution in [3.05, 3.63) is 57.0 Å². The Morgan fingerprint density at radius 3 is 2.19 bits per heavy atom. The van der Waals surface area contributed by atoms with Crippen molar-refractivity contribution in [2.45, 2.75) is 5.75 Å². The molecule has 0 amide bonds. The molecule has 0 radical (unpaired) electrons. The largest absolute Gasteiger partial charge is 0.398 e. The minimum atomic E-state index is -3.71. The van der Waals surface area contributed by atoms with Crippen molar-refractivity contribution < 1.29 is 8.42 Å². The van der Waals surface area contributed by atoms with Crippen LogP contribution in [-0.4, -0.2) is 8.42 Å². The molecule has 0 saturated carbocycles. The topological polar surface area (TPSA) is 72.2 Å². The molecule has 0 spiro atoms. The van der Waals surface area contributed by atoms with E-state index < -0.39 is 10.0 Å². The molecular weight excluding hydrogens is 355 g/mol. The van der Waals surface area contributed by atoms with Crippen molar-refractivity contribution in [2.24, 2.45) is 0 Å². The zero-order chi connectivity index (χ0) is 15.6. The highest BCUT2D eigenvalue weighted by Gasteiger charge is 2.17. The first kappa shape index (κ1) is 16.2. The SMILES string of the molecule is Nc1ccccc1CS(=O)(=O)Nc1c(Cl)cc(Cl)cc1Cl. The number of anilines is 2. The van der Waals surface area contributed by atoms with Crippen LogP contribution in [0.1, 0.15) is 5.56 Å². The summed E-state index contributed by atoms with van der Waals surface area (Å²) in [5.41, 5.74) is 6.72. The third kappa shape index (κ3) is 4.17. The fraction of sp³-hybridized carbons (Fsp3) is 0.0769. The Morgan fingerprint density at radius 1 is 1.05 bits per heavy atom.